The summed E-state index contributed by atoms with van der Waals surface area (Å²) in [6.07, 6.45) is -3.55. The Morgan fingerprint density at radius 3 is 2.50 bits per heavy atom. The molecule has 0 atom stereocenters. The molecule has 2 heterocycles. The van der Waals surface area contributed by atoms with Crippen LogP contribution in [0.5, 0.6) is 0 Å². The predicted octanol–water partition coefficient (Wildman–Crippen LogP) is 1.84. The van der Waals surface area contributed by atoms with Crippen molar-refractivity contribution in [2.45, 2.75) is 6.18 Å². The molecule has 1 amide bonds. The third kappa shape index (κ3) is 2.73. The van der Waals surface area contributed by atoms with Crippen molar-refractivity contribution >= 4 is 22.8 Å². The van der Waals surface area contributed by atoms with Gasteiger partial charge >= 0.3 is 23.6 Å². The zero-order valence-corrected chi connectivity index (χ0v) is 12.6. The summed E-state index contributed by atoms with van der Waals surface area (Å²) in [6.45, 7) is 0. The Labute approximate surface area is 142 Å². The number of halogens is 3. The highest BCUT2D eigenvalue weighted by Crippen LogP contribution is 2.30. The van der Waals surface area contributed by atoms with Crippen molar-refractivity contribution in [1.29, 1.82) is 5.26 Å². The van der Waals surface area contributed by atoms with Crippen LogP contribution in [0.4, 0.5) is 19.0 Å². The van der Waals surface area contributed by atoms with E-state index in [9.17, 15) is 28.4 Å². The van der Waals surface area contributed by atoms with Crippen molar-refractivity contribution in [1.82, 2.24) is 0 Å². The van der Waals surface area contributed by atoms with Gasteiger partial charge in [-0.15, -0.1) is 4.73 Å². The molecule has 132 valence electrons. The van der Waals surface area contributed by atoms with Gasteiger partial charge in [-0.25, -0.2) is 9.52 Å². The lowest BCUT2D eigenvalue weighted by Gasteiger charge is -2.14. The fourth-order valence-electron chi connectivity index (χ4n) is 2.25. The molecule has 1 N–H and O–H groups in total. The Hall–Kier alpha value is -3.81. The lowest BCUT2D eigenvalue weighted by Crippen LogP contribution is -2.44. The number of nitrogens with one attached hydrogen (secondary N) is 1. The summed E-state index contributed by atoms with van der Waals surface area (Å²) < 4.78 is 43.1. The number of alkyl halides is 3. The first-order valence-corrected chi connectivity index (χ1v) is 6.89. The number of nitriles is 1. The number of fused-ring (bicyclic) bond motifs is 1. The summed E-state index contributed by atoms with van der Waals surface area (Å²) in [6, 6.07) is 5.93. The van der Waals surface area contributed by atoms with Crippen molar-refractivity contribution in [2.24, 2.45) is 0 Å². The van der Waals surface area contributed by atoms with Gasteiger partial charge in [0.05, 0.1) is 11.8 Å². The van der Waals surface area contributed by atoms with Crippen LogP contribution in [-0.2, 0) is 6.18 Å². The van der Waals surface area contributed by atoms with E-state index in [0.29, 0.717) is 12.1 Å². The van der Waals surface area contributed by atoms with E-state index in [2.05, 4.69) is 5.32 Å². The minimum atomic E-state index is -4.74. The molecule has 3 aromatic rings. The Morgan fingerprint density at radius 1 is 1.19 bits per heavy atom. The van der Waals surface area contributed by atoms with Gasteiger partial charge in [0, 0.05) is 6.07 Å². The maximum Gasteiger partial charge on any atom is 0.416 e. The molecular formula is C15H7F3N4O4. The summed E-state index contributed by atoms with van der Waals surface area (Å²) in [7, 11) is 0. The van der Waals surface area contributed by atoms with Crippen molar-refractivity contribution in [3.8, 4) is 6.07 Å². The standard InChI is InChI=1S/C15H7F3N4O4/c16-15(17,18)8-3-4-9-10(6-8)21(24)11(7-19)13(22(9)25)20-14(23)12-2-1-5-26-12/h1-6H,(H,20,23). The van der Waals surface area contributed by atoms with E-state index in [4.69, 9.17) is 9.68 Å². The number of benzene rings is 1. The Morgan fingerprint density at radius 2 is 1.92 bits per heavy atom. The maximum absolute atomic E-state index is 12.8. The Bertz CT molecular complexity index is 1060. The second-order valence-electron chi connectivity index (χ2n) is 5.03. The lowest BCUT2D eigenvalue weighted by atomic mass is 10.2. The molecule has 0 bridgehead atoms. The van der Waals surface area contributed by atoms with Crippen LogP contribution in [0, 0.1) is 21.7 Å². The highest BCUT2D eigenvalue weighted by atomic mass is 19.4. The highest BCUT2D eigenvalue weighted by Gasteiger charge is 2.35. The van der Waals surface area contributed by atoms with Crippen molar-refractivity contribution in [3.63, 3.8) is 0 Å². The van der Waals surface area contributed by atoms with Crippen LogP contribution in [0.1, 0.15) is 21.8 Å². The van der Waals surface area contributed by atoms with Crippen LogP contribution in [0.15, 0.2) is 41.0 Å². The molecule has 0 fully saturated rings. The van der Waals surface area contributed by atoms with Gasteiger partial charge in [-0.3, -0.25) is 0 Å². The maximum atomic E-state index is 12.8. The van der Waals surface area contributed by atoms with E-state index in [-0.39, 0.29) is 15.2 Å². The van der Waals surface area contributed by atoms with Gasteiger partial charge in [-0.05, 0) is 24.3 Å². The SMILES string of the molecule is N#Cc1c(NC(=O)c2ccco2)[n+]([O-])c2ccc(C(F)(F)F)cc2[n+]1[O-]. The van der Waals surface area contributed by atoms with Crippen LogP contribution in [0.25, 0.3) is 11.0 Å². The zero-order valence-electron chi connectivity index (χ0n) is 12.6. The summed E-state index contributed by atoms with van der Waals surface area (Å²) in [5, 5.41) is 35.9. The molecule has 0 radical (unpaired) electrons. The molecule has 2 aromatic heterocycles. The molecule has 26 heavy (non-hydrogen) atoms. The van der Waals surface area contributed by atoms with Crippen LogP contribution < -0.4 is 14.8 Å². The molecule has 0 unspecified atom stereocenters. The van der Waals surface area contributed by atoms with Crippen LogP contribution in [-0.4, -0.2) is 5.91 Å². The third-order valence-corrected chi connectivity index (χ3v) is 3.45. The number of aromatic nitrogens is 2. The first kappa shape index (κ1) is 17.0. The predicted molar refractivity (Wildman–Crippen MR) is 78.2 cm³/mol. The minimum absolute atomic E-state index is 0.00325. The average molecular weight is 364 g/mol. The first-order valence-electron chi connectivity index (χ1n) is 6.89. The number of nitrogens with zero attached hydrogens (tertiary/aromatic N) is 3. The summed E-state index contributed by atoms with van der Waals surface area (Å²) in [5.41, 5.74) is -3.15. The second kappa shape index (κ2) is 5.92. The summed E-state index contributed by atoms with van der Waals surface area (Å²) in [4.78, 5) is 12.0. The number of carbonyl (C=O) groups is 1. The van der Waals surface area contributed by atoms with Gasteiger partial charge in [0.25, 0.3) is 5.52 Å². The molecule has 0 aliphatic heterocycles. The van der Waals surface area contributed by atoms with Crippen molar-refractivity contribution in [2.75, 3.05) is 5.32 Å². The summed E-state index contributed by atoms with van der Waals surface area (Å²) >= 11 is 0. The van der Waals surface area contributed by atoms with E-state index < -0.39 is 40.2 Å². The Kier molecular flexibility index (Phi) is 3.88. The molecule has 11 heteroatoms. The molecule has 8 nitrogen and oxygen atoms in total. The smallest absolute Gasteiger partial charge is 0.416 e. The molecule has 0 saturated heterocycles. The minimum Gasteiger partial charge on any atom is -0.710 e. The molecular weight excluding hydrogens is 357 g/mol. The average Bonchev–Trinajstić information content (AvgIpc) is 3.13. The molecule has 1 aromatic carbocycles. The molecule has 0 aliphatic carbocycles. The molecule has 0 spiro atoms. The van der Waals surface area contributed by atoms with Crippen LogP contribution >= 0.6 is 0 Å². The second-order valence-corrected chi connectivity index (χ2v) is 5.03. The van der Waals surface area contributed by atoms with E-state index >= 15 is 0 Å². The number of hydrogen-bond acceptors (Lipinski definition) is 5. The molecule has 0 saturated carbocycles. The highest BCUT2D eigenvalue weighted by molar-refractivity contribution is 6.01. The van der Waals surface area contributed by atoms with Gasteiger partial charge in [0.2, 0.25) is 11.3 Å². The number of anilines is 1. The van der Waals surface area contributed by atoms with Gasteiger partial charge in [0.1, 0.15) is 0 Å². The number of furan rings is 1. The zero-order chi connectivity index (χ0) is 19.1. The van der Waals surface area contributed by atoms with Crippen molar-refractivity contribution < 1.29 is 31.8 Å². The normalized spacial score (nSPS) is 11.3. The van der Waals surface area contributed by atoms with Gasteiger partial charge in [-0.2, -0.15) is 23.7 Å². The van der Waals surface area contributed by atoms with E-state index in [1.807, 2.05) is 0 Å². The Balaban J connectivity index is 2.20. The topological polar surface area (TPSA) is 120 Å². The van der Waals surface area contributed by atoms with Gasteiger partial charge in [-0.1, -0.05) is 0 Å². The van der Waals surface area contributed by atoms with Crippen LogP contribution in [0.3, 0.4) is 0 Å². The quantitative estimate of drug-likeness (QED) is 0.550. The molecule has 3 rings (SSSR count). The fraction of sp³-hybridized carbons (Fsp3) is 0.0667. The lowest BCUT2D eigenvalue weighted by molar-refractivity contribution is -0.620. The summed E-state index contributed by atoms with van der Waals surface area (Å²) in [5.74, 6) is -1.84. The number of rotatable bonds is 2. The number of amides is 1. The largest absolute Gasteiger partial charge is 0.710 e. The first-order chi connectivity index (χ1) is 12.2. The number of carbonyl (C=O) groups excluding carboxylic acids is 1. The van der Waals surface area contributed by atoms with Crippen LogP contribution in [0.2, 0.25) is 0 Å². The number of hydrogen-bond donors (Lipinski definition) is 1. The van der Waals surface area contributed by atoms with E-state index in [1.165, 1.54) is 24.5 Å². The fourth-order valence-corrected chi connectivity index (χ4v) is 2.25. The van der Waals surface area contributed by atoms with E-state index in [1.54, 1.807) is 0 Å². The van der Waals surface area contributed by atoms with Crippen molar-refractivity contribution in [3.05, 3.63) is 64.0 Å². The third-order valence-electron chi connectivity index (χ3n) is 3.45. The van der Waals surface area contributed by atoms with E-state index in [0.717, 1.165) is 6.07 Å². The molecule has 0 aliphatic rings. The van der Waals surface area contributed by atoms with Gasteiger partial charge < -0.3 is 14.8 Å². The van der Waals surface area contributed by atoms with Gasteiger partial charge in [0.15, 0.2) is 6.07 Å². The monoisotopic (exact) mass is 364 g/mol.